The summed E-state index contributed by atoms with van der Waals surface area (Å²) < 4.78 is 11.3. The highest BCUT2D eigenvalue weighted by Gasteiger charge is 2.47. The fourth-order valence-corrected chi connectivity index (χ4v) is 3.28. The molecular weight excluding hydrogens is 290 g/mol. The van der Waals surface area contributed by atoms with Crippen LogP contribution in [0, 0.1) is 5.92 Å². The second-order valence-electron chi connectivity index (χ2n) is 5.40. The lowest BCUT2D eigenvalue weighted by Crippen LogP contribution is -2.38. The molecule has 2 aliphatic rings. The van der Waals surface area contributed by atoms with E-state index in [2.05, 4.69) is 6.58 Å². The molecule has 1 amide bonds. The summed E-state index contributed by atoms with van der Waals surface area (Å²) in [6.07, 6.45) is 1.74. The average molecular weight is 308 g/mol. The third-order valence-corrected chi connectivity index (χ3v) is 4.34. The molecule has 0 aromatic heterocycles. The van der Waals surface area contributed by atoms with Gasteiger partial charge < -0.3 is 14.4 Å². The molecule has 3 atom stereocenters. The standard InChI is InChI=1S/C16H18ClNO3/c1-2-6-21-15-8-18(14-10-20-9-13(14)15)16(19)11-4-3-5-12(17)7-11/h2-5,7,13-15H,1,6,8-10H2/t13-,14+,15+/m0/s1. The van der Waals surface area contributed by atoms with Crippen molar-refractivity contribution in [2.75, 3.05) is 26.4 Å². The second kappa shape index (κ2) is 6.18. The van der Waals surface area contributed by atoms with E-state index in [-0.39, 0.29) is 24.0 Å². The highest BCUT2D eigenvalue weighted by molar-refractivity contribution is 6.30. The Labute approximate surface area is 129 Å². The van der Waals surface area contributed by atoms with Crippen molar-refractivity contribution in [2.45, 2.75) is 12.1 Å². The van der Waals surface area contributed by atoms with Crippen LogP contribution >= 0.6 is 11.6 Å². The molecule has 2 fully saturated rings. The van der Waals surface area contributed by atoms with Crippen LogP contribution in [0.5, 0.6) is 0 Å². The van der Waals surface area contributed by atoms with Crippen molar-refractivity contribution in [3.05, 3.63) is 47.5 Å². The topological polar surface area (TPSA) is 38.8 Å². The van der Waals surface area contributed by atoms with Gasteiger partial charge in [0.25, 0.3) is 5.91 Å². The lowest BCUT2D eigenvalue weighted by atomic mass is 10.0. The number of nitrogens with zero attached hydrogens (tertiary/aromatic N) is 1. The minimum atomic E-state index is -0.0114. The van der Waals surface area contributed by atoms with Crippen LogP contribution in [0.4, 0.5) is 0 Å². The van der Waals surface area contributed by atoms with Crippen LogP contribution in [-0.4, -0.2) is 49.3 Å². The predicted molar refractivity (Wildman–Crippen MR) is 80.5 cm³/mol. The number of hydrogen-bond donors (Lipinski definition) is 0. The van der Waals surface area contributed by atoms with Gasteiger partial charge in [0.15, 0.2) is 0 Å². The molecule has 1 aromatic rings. The molecule has 2 heterocycles. The monoisotopic (exact) mass is 307 g/mol. The summed E-state index contributed by atoms with van der Waals surface area (Å²) >= 11 is 5.97. The molecule has 0 spiro atoms. The molecule has 112 valence electrons. The third kappa shape index (κ3) is 2.84. The average Bonchev–Trinajstić information content (AvgIpc) is 3.07. The van der Waals surface area contributed by atoms with Crippen LogP contribution in [0.3, 0.4) is 0 Å². The summed E-state index contributed by atoms with van der Waals surface area (Å²) in [5.74, 6) is 0.232. The van der Waals surface area contributed by atoms with E-state index in [0.717, 1.165) is 0 Å². The number of ether oxygens (including phenoxy) is 2. The third-order valence-electron chi connectivity index (χ3n) is 4.11. The van der Waals surface area contributed by atoms with E-state index in [1.165, 1.54) is 0 Å². The molecule has 0 N–H and O–H groups in total. The first-order valence-corrected chi connectivity index (χ1v) is 7.45. The Hall–Kier alpha value is -1.36. The first kappa shape index (κ1) is 14.6. The van der Waals surface area contributed by atoms with E-state index < -0.39 is 0 Å². The predicted octanol–water partition coefficient (Wildman–Crippen LogP) is 2.38. The van der Waals surface area contributed by atoms with Crippen molar-refractivity contribution < 1.29 is 14.3 Å². The van der Waals surface area contributed by atoms with Crippen molar-refractivity contribution in [2.24, 2.45) is 5.92 Å². The lowest BCUT2D eigenvalue weighted by Gasteiger charge is -2.22. The van der Waals surface area contributed by atoms with Gasteiger partial charge in [-0.15, -0.1) is 6.58 Å². The van der Waals surface area contributed by atoms with Crippen molar-refractivity contribution in [3.63, 3.8) is 0 Å². The number of rotatable bonds is 4. The minimum absolute atomic E-state index is 0.0114. The summed E-state index contributed by atoms with van der Waals surface area (Å²) in [7, 11) is 0. The van der Waals surface area contributed by atoms with E-state index in [1.807, 2.05) is 4.90 Å². The Balaban J connectivity index is 1.78. The number of carbonyl (C=O) groups is 1. The van der Waals surface area contributed by atoms with Gasteiger partial charge in [-0.05, 0) is 18.2 Å². The number of halogens is 1. The summed E-state index contributed by atoms with van der Waals surface area (Å²) in [5.41, 5.74) is 0.609. The van der Waals surface area contributed by atoms with Crippen molar-refractivity contribution in [1.82, 2.24) is 4.90 Å². The van der Waals surface area contributed by atoms with Crippen LogP contribution in [0.25, 0.3) is 0 Å². The van der Waals surface area contributed by atoms with E-state index >= 15 is 0 Å². The Morgan fingerprint density at radius 3 is 3.14 bits per heavy atom. The largest absolute Gasteiger partial charge is 0.379 e. The maximum atomic E-state index is 12.7. The van der Waals surface area contributed by atoms with Crippen LogP contribution in [0.2, 0.25) is 5.02 Å². The molecular formula is C16H18ClNO3. The number of carbonyl (C=O) groups excluding carboxylic acids is 1. The summed E-state index contributed by atoms with van der Waals surface area (Å²) in [5, 5.41) is 0.568. The van der Waals surface area contributed by atoms with Gasteiger partial charge >= 0.3 is 0 Å². The summed E-state index contributed by atoms with van der Waals surface area (Å²) in [4.78, 5) is 14.6. The van der Waals surface area contributed by atoms with Crippen LogP contribution in [-0.2, 0) is 9.47 Å². The highest BCUT2D eigenvalue weighted by Crippen LogP contribution is 2.33. The molecule has 0 bridgehead atoms. The first-order valence-electron chi connectivity index (χ1n) is 7.07. The number of fused-ring (bicyclic) bond motifs is 1. The maximum Gasteiger partial charge on any atom is 0.254 e. The van der Waals surface area contributed by atoms with E-state index in [0.29, 0.717) is 37.0 Å². The molecule has 21 heavy (non-hydrogen) atoms. The fraction of sp³-hybridized carbons (Fsp3) is 0.438. The molecule has 3 rings (SSSR count). The van der Waals surface area contributed by atoms with Gasteiger partial charge in [0.2, 0.25) is 0 Å². The molecule has 2 aliphatic heterocycles. The Kier molecular flexibility index (Phi) is 4.29. The molecule has 0 unspecified atom stereocenters. The lowest BCUT2D eigenvalue weighted by molar-refractivity contribution is 0.0330. The second-order valence-corrected chi connectivity index (χ2v) is 5.83. The number of hydrogen-bond acceptors (Lipinski definition) is 3. The Morgan fingerprint density at radius 2 is 2.38 bits per heavy atom. The SMILES string of the molecule is C=CCO[C@@H]1CN(C(=O)c2cccc(Cl)c2)[C@@H]2COC[C@@H]21. The van der Waals surface area contributed by atoms with Crippen LogP contribution in [0.15, 0.2) is 36.9 Å². The molecule has 0 radical (unpaired) electrons. The van der Waals surface area contributed by atoms with Gasteiger partial charge in [-0.1, -0.05) is 23.7 Å². The number of amides is 1. The fourth-order valence-electron chi connectivity index (χ4n) is 3.09. The van der Waals surface area contributed by atoms with Crippen molar-refractivity contribution >= 4 is 17.5 Å². The summed E-state index contributed by atoms with van der Waals surface area (Å²) in [6, 6.07) is 7.13. The van der Waals surface area contributed by atoms with Gasteiger partial charge in [-0.2, -0.15) is 0 Å². The zero-order valence-corrected chi connectivity index (χ0v) is 12.5. The molecule has 0 saturated carbocycles. The first-order chi connectivity index (χ1) is 10.2. The smallest absolute Gasteiger partial charge is 0.254 e. The Morgan fingerprint density at radius 1 is 1.52 bits per heavy atom. The van der Waals surface area contributed by atoms with Gasteiger partial charge in [-0.3, -0.25) is 4.79 Å². The zero-order chi connectivity index (χ0) is 14.8. The van der Waals surface area contributed by atoms with E-state index in [9.17, 15) is 4.79 Å². The van der Waals surface area contributed by atoms with Gasteiger partial charge in [-0.25, -0.2) is 0 Å². The van der Waals surface area contributed by atoms with Crippen LogP contribution < -0.4 is 0 Å². The molecule has 5 heteroatoms. The van der Waals surface area contributed by atoms with Crippen LogP contribution in [0.1, 0.15) is 10.4 Å². The maximum absolute atomic E-state index is 12.7. The zero-order valence-electron chi connectivity index (χ0n) is 11.7. The normalized spacial score (nSPS) is 27.7. The highest BCUT2D eigenvalue weighted by atomic mass is 35.5. The molecule has 4 nitrogen and oxygen atoms in total. The molecule has 2 saturated heterocycles. The number of likely N-dealkylation sites (tertiary alicyclic amines) is 1. The summed E-state index contributed by atoms with van der Waals surface area (Å²) in [6.45, 7) is 5.97. The van der Waals surface area contributed by atoms with Gasteiger partial charge in [0, 0.05) is 23.0 Å². The van der Waals surface area contributed by atoms with Crippen molar-refractivity contribution in [1.29, 1.82) is 0 Å². The number of benzene rings is 1. The molecule has 1 aromatic carbocycles. The van der Waals surface area contributed by atoms with Gasteiger partial charge in [0.1, 0.15) is 0 Å². The van der Waals surface area contributed by atoms with E-state index in [1.54, 1.807) is 30.3 Å². The minimum Gasteiger partial charge on any atom is -0.379 e. The Bertz CT molecular complexity index is 548. The molecule has 0 aliphatic carbocycles. The van der Waals surface area contributed by atoms with E-state index in [4.69, 9.17) is 21.1 Å². The van der Waals surface area contributed by atoms with Crippen molar-refractivity contribution in [3.8, 4) is 0 Å². The van der Waals surface area contributed by atoms with Gasteiger partial charge in [0.05, 0.1) is 32.0 Å². The quantitative estimate of drug-likeness (QED) is 0.802.